The van der Waals surface area contributed by atoms with Gasteiger partial charge in [-0.3, -0.25) is 5.14 Å². The Morgan fingerprint density at radius 3 is 2.57 bits per heavy atom. The number of nitrogens with two attached hydrogens (primary N) is 2. The molecule has 0 unspecified atom stereocenters. The van der Waals surface area contributed by atoms with Crippen LogP contribution in [0.2, 0.25) is 0 Å². The number of tetrazole rings is 1. The third-order valence-electron chi connectivity index (χ3n) is 3.18. The smallest absolute Gasteiger partial charge is 0.238 e. The Kier molecular flexibility index (Phi) is 4.13. The summed E-state index contributed by atoms with van der Waals surface area (Å²) in [5, 5.41) is 24.5. The van der Waals surface area contributed by atoms with Gasteiger partial charge in [0.1, 0.15) is 0 Å². The normalized spacial score (nSPS) is 11.6. The van der Waals surface area contributed by atoms with Crippen molar-refractivity contribution in [2.24, 2.45) is 10.3 Å². The van der Waals surface area contributed by atoms with Crippen molar-refractivity contribution >= 4 is 22.0 Å². The quantitative estimate of drug-likeness (QED) is 0.600. The minimum atomic E-state index is -3.96. The highest BCUT2D eigenvalue weighted by Crippen LogP contribution is 2.35. The predicted molar refractivity (Wildman–Crippen MR) is 86.5 cm³/mol. The summed E-state index contributed by atoms with van der Waals surface area (Å²) in [5.41, 5.74) is 1.68. The van der Waals surface area contributed by atoms with Gasteiger partial charge in [0.25, 0.3) is 0 Å². The number of nitrogens with zero attached hydrogens (tertiary/aromatic N) is 3. The van der Waals surface area contributed by atoms with Gasteiger partial charge in [0.15, 0.2) is 0 Å². The van der Waals surface area contributed by atoms with Crippen molar-refractivity contribution in [1.29, 1.82) is 0 Å². The molecule has 10 heteroatoms. The molecule has 0 radical (unpaired) electrons. The van der Waals surface area contributed by atoms with Crippen LogP contribution in [0.5, 0.6) is 0 Å². The third-order valence-corrected chi connectivity index (χ3v) is 4.66. The maximum absolute atomic E-state index is 11.9. The maximum atomic E-state index is 11.9. The van der Waals surface area contributed by atoms with Crippen molar-refractivity contribution in [2.45, 2.75) is 9.79 Å². The molecular weight excluding hydrogens is 336 g/mol. The molecule has 2 aromatic carbocycles. The fourth-order valence-corrected chi connectivity index (χ4v) is 3.35. The van der Waals surface area contributed by atoms with Gasteiger partial charge < -0.3 is 0 Å². The number of rotatable bonds is 4. The predicted octanol–water partition coefficient (Wildman–Crippen LogP) is 1.15. The topological polar surface area (TPSA) is 141 Å². The number of primary sulfonamides is 1. The minimum Gasteiger partial charge on any atom is -0.274 e. The lowest BCUT2D eigenvalue weighted by Gasteiger charge is -2.11. The SMILES string of the molecule is NSc1cccc(-c2cccc(S(N)(=O)=O)c2-c2nn[nH]n2)c1. The third kappa shape index (κ3) is 3.10. The molecule has 3 rings (SSSR count). The number of sulfonamides is 1. The first-order chi connectivity index (χ1) is 11.0. The fourth-order valence-electron chi connectivity index (χ4n) is 2.24. The molecule has 1 heterocycles. The summed E-state index contributed by atoms with van der Waals surface area (Å²) in [6, 6.07) is 12.1. The monoisotopic (exact) mass is 348 g/mol. The van der Waals surface area contributed by atoms with E-state index in [-0.39, 0.29) is 10.7 Å². The minimum absolute atomic E-state index is 0.0674. The second kappa shape index (κ2) is 6.08. The van der Waals surface area contributed by atoms with E-state index in [1.54, 1.807) is 12.1 Å². The summed E-state index contributed by atoms with van der Waals surface area (Å²) in [6.07, 6.45) is 0. The fraction of sp³-hybridized carbons (Fsp3) is 0. The van der Waals surface area contributed by atoms with Gasteiger partial charge in [0.2, 0.25) is 15.8 Å². The molecule has 5 N–H and O–H groups in total. The van der Waals surface area contributed by atoms with Crippen LogP contribution in [0.15, 0.2) is 52.3 Å². The van der Waals surface area contributed by atoms with Crippen molar-refractivity contribution in [3.63, 3.8) is 0 Å². The zero-order valence-corrected chi connectivity index (χ0v) is 13.3. The Morgan fingerprint density at radius 2 is 1.91 bits per heavy atom. The lowest BCUT2D eigenvalue weighted by Crippen LogP contribution is -2.14. The molecule has 23 heavy (non-hydrogen) atoms. The molecule has 0 fully saturated rings. The molecular formula is C13H12N6O2S2. The van der Waals surface area contributed by atoms with Crippen molar-refractivity contribution in [3.8, 4) is 22.5 Å². The standard InChI is InChI=1S/C13H12N6O2S2/c14-22-9-4-1-3-8(7-9)10-5-2-6-11(23(15,20)21)12(10)13-16-18-19-17-13/h1-7H,14H2,(H2,15,20,21)(H,16,17,18,19). The molecule has 0 aliphatic carbocycles. The van der Waals surface area contributed by atoms with Crippen molar-refractivity contribution in [1.82, 2.24) is 20.6 Å². The van der Waals surface area contributed by atoms with E-state index >= 15 is 0 Å². The van der Waals surface area contributed by atoms with Gasteiger partial charge in [0.05, 0.1) is 10.5 Å². The van der Waals surface area contributed by atoms with E-state index in [2.05, 4.69) is 20.6 Å². The highest BCUT2D eigenvalue weighted by Gasteiger charge is 2.22. The van der Waals surface area contributed by atoms with Gasteiger partial charge in [-0.2, -0.15) is 5.21 Å². The highest BCUT2D eigenvalue weighted by atomic mass is 32.2. The number of benzene rings is 2. The summed E-state index contributed by atoms with van der Waals surface area (Å²) >= 11 is 1.10. The molecule has 0 spiro atoms. The van der Waals surface area contributed by atoms with Crippen molar-refractivity contribution < 1.29 is 8.42 Å². The summed E-state index contributed by atoms with van der Waals surface area (Å²) in [7, 11) is -3.96. The summed E-state index contributed by atoms with van der Waals surface area (Å²) in [4.78, 5) is 0.768. The Morgan fingerprint density at radius 1 is 1.13 bits per heavy atom. The average Bonchev–Trinajstić information content (AvgIpc) is 3.07. The van der Waals surface area contributed by atoms with E-state index in [9.17, 15) is 8.42 Å². The zero-order chi connectivity index (χ0) is 16.4. The molecule has 8 nitrogen and oxygen atoms in total. The number of H-pyrrole nitrogens is 1. The van der Waals surface area contributed by atoms with Crippen LogP contribution < -0.4 is 10.3 Å². The van der Waals surface area contributed by atoms with E-state index in [0.717, 1.165) is 22.4 Å². The second-order valence-corrected chi connectivity index (χ2v) is 6.84. The van der Waals surface area contributed by atoms with Gasteiger partial charge >= 0.3 is 0 Å². The summed E-state index contributed by atoms with van der Waals surface area (Å²) < 4.78 is 23.8. The van der Waals surface area contributed by atoms with E-state index in [0.29, 0.717) is 11.1 Å². The largest absolute Gasteiger partial charge is 0.274 e. The first-order valence-electron chi connectivity index (χ1n) is 6.37. The lowest BCUT2D eigenvalue weighted by atomic mass is 9.99. The average molecular weight is 348 g/mol. The second-order valence-electron chi connectivity index (χ2n) is 4.60. The van der Waals surface area contributed by atoms with Crippen LogP contribution >= 0.6 is 11.9 Å². The van der Waals surface area contributed by atoms with E-state index < -0.39 is 10.0 Å². The molecule has 118 valence electrons. The number of hydrogen-bond acceptors (Lipinski definition) is 7. The molecule has 0 aliphatic rings. The maximum Gasteiger partial charge on any atom is 0.238 e. The number of hydrogen-bond donors (Lipinski definition) is 3. The molecule has 0 aliphatic heterocycles. The first-order valence-corrected chi connectivity index (χ1v) is 8.80. The van der Waals surface area contributed by atoms with Gasteiger partial charge in [-0.15, -0.1) is 10.2 Å². The molecule has 1 aromatic heterocycles. The lowest BCUT2D eigenvalue weighted by molar-refractivity contribution is 0.598. The van der Waals surface area contributed by atoms with Crippen LogP contribution in [0, 0.1) is 0 Å². The van der Waals surface area contributed by atoms with Crippen LogP contribution in [-0.2, 0) is 10.0 Å². The summed E-state index contributed by atoms with van der Waals surface area (Å²) in [6.45, 7) is 0. The van der Waals surface area contributed by atoms with Crippen LogP contribution in [0.3, 0.4) is 0 Å². The molecule has 0 atom stereocenters. The van der Waals surface area contributed by atoms with E-state index in [1.807, 2.05) is 24.3 Å². The molecule has 0 saturated carbocycles. The molecule has 0 amide bonds. The van der Waals surface area contributed by atoms with Crippen LogP contribution in [0.1, 0.15) is 0 Å². The highest BCUT2D eigenvalue weighted by molar-refractivity contribution is 7.97. The zero-order valence-electron chi connectivity index (χ0n) is 11.7. The number of nitrogens with one attached hydrogen (secondary N) is 1. The Hall–Kier alpha value is -2.27. The summed E-state index contributed by atoms with van der Waals surface area (Å²) in [5.74, 6) is 0.149. The van der Waals surface area contributed by atoms with Crippen molar-refractivity contribution in [2.75, 3.05) is 0 Å². The van der Waals surface area contributed by atoms with E-state index in [4.69, 9.17) is 10.3 Å². The van der Waals surface area contributed by atoms with E-state index in [1.165, 1.54) is 6.07 Å². The van der Waals surface area contributed by atoms with Gasteiger partial charge in [-0.1, -0.05) is 24.3 Å². The Balaban J connectivity index is 2.33. The van der Waals surface area contributed by atoms with Gasteiger partial charge in [0, 0.05) is 4.90 Å². The van der Waals surface area contributed by atoms with Crippen LogP contribution in [-0.4, -0.2) is 29.0 Å². The Labute approximate surface area is 136 Å². The molecule has 3 aromatic rings. The van der Waals surface area contributed by atoms with Gasteiger partial charge in [-0.05, 0) is 46.5 Å². The van der Waals surface area contributed by atoms with Crippen LogP contribution in [0.4, 0.5) is 0 Å². The first kappa shape index (κ1) is 15.6. The molecule has 0 bridgehead atoms. The number of aromatic nitrogens is 4. The number of aromatic amines is 1. The van der Waals surface area contributed by atoms with Crippen LogP contribution in [0.25, 0.3) is 22.5 Å². The van der Waals surface area contributed by atoms with Gasteiger partial charge in [-0.25, -0.2) is 13.6 Å². The van der Waals surface area contributed by atoms with Crippen molar-refractivity contribution in [3.05, 3.63) is 42.5 Å². The molecule has 0 saturated heterocycles. The Bertz CT molecular complexity index is 941.